The van der Waals surface area contributed by atoms with E-state index in [0.29, 0.717) is 5.69 Å². The highest BCUT2D eigenvalue weighted by molar-refractivity contribution is 6.01. The molecule has 0 unspecified atom stereocenters. The van der Waals surface area contributed by atoms with Crippen molar-refractivity contribution in [1.29, 1.82) is 0 Å². The zero-order chi connectivity index (χ0) is 20.4. The van der Waals surface area contributed by atoms with Crippen LogP contribution in [-0.2, 0) is 6.18 Å². The van der Waals surface area contributed by atoms with Crippen LogP contribution >= 0.6 is 0 Å². The molecular weight excluding hydrogens is 387 g/mol. The molecule has 2 aromatic carbocycles. The summed E-state index contributed by atoms with van der Waals surface area (Å²) in [5, 5.41) is 10.2. The Morgan fingerprint density at radius 1 is 1.00 bits per heavy atom. The molecule has 0 aliphatic heterocycles. The van der Waals surface area contributed by atoms with Gasteiger partial charge in [-0.3, -0.25) is 4.79 Å². The number of alkyl halides is 3. The predicted octanol–water partition coefficient (Wildman–Crippen LogP) is 3.12. The summed E-state index contributed by atoms with van der Waals surface area (Å²) in [7, 11) is 0. The average Bonchev–Trinajstić information content (AvgIpc) is 3.40. The molecule has 0 saturated heterocycles. The SMILES string of the molecule is O=C(Nc1ccc(-n2cncn2)c(C(F)(F)F)c1)c1ncn(-c2ccccc2)n1. The second-order valence-electron chi connectivity index (χ2n) is 5.87. The Kier molecular flexibility index (Phi) is 4.55. The van der Waals surface area contributed by atoms with Crippen molar-refractivity contribution in [1.82, 2.24) is 29.5 Å². The Bertz CT molecular complexity index is 1140. The Hall–Kier alpha value is -4.02. The molecule has 2 aromatic heterocycles. The van der Waals surface area contributed by atoms with E-state index < -0.39 is 17.6 Å². The van der Waals surface area contributed by atoms with Gasteiger partial charge in [0.15, 0.2) is 0 Å². The van der Waals surface area contributed by atoms with E-state index in [4.69, 9.17) is 0 Å². The minimum atomic E-state index is -4.66. The molecular formula is C18H12F3N7O. The van der Waals surface area contributed by atoms with Gasteiger partial charge >= 0.3 is 6.18 Å². The molecule has 4 rings (SSSR count). The zero-order valence-electron chi connectivity index (χ0n) is 14.6. The number of carbonyl (C=O) groups is 1. The molecule has 0 aliphatic rings. The number of aromatic nitrogens is 6. The lowest BCUT2D eigenvalue weighted by molar-refractivity contribution is -0.137. The summed E-state index contributed by atoms with van der Waals surface area (Å²) >= 11 is 0. The number of anilines is 1. The van der Waals surface area contributed by atoms with E-state index in [2.05, 4.69) is 25.5 Å². The average molecular weight is 399 g/mol. The van der Waals surface area contributed by atoms with Crippen LogP contribution in [0.15, 0.2) is 67.5 Å². The minimum Gasteiger partial charge on any atom is -0.319 e. The number of hydrogen-bond acceptors (Lipinski definition) is 5. The number of nitrogens with one attached hydrogen (secondary N) is 1. The van der Waals surface area contributed by atoms with Gasteiger partial charge in [0.1, 0.15) is 19.0 Å². The van der Waals surface area contributed by atoms with Crippen LogP contribution in [0.25, 0.3) is 11.4 Å². The van der Waals surface area contributed by atoms with Gasteiger partial charge in [-0.05, 0) is 30.3 Å². The van der Waals surface area contributed by atoms with Gasteiger partial charge in [-0.1, -0.05) is 18.2 Å². The summed E-state index contributed by atoms with van der Waals surface area (Å²) in [6.45, 7) is 0. The number of nitrogens with zero attached hydrogens (tertiary/aromatic N) is 6. The maximum Gasteiger partial charge on any atom is 0.418 e. The van der Waals surface area contributed by atoms with Crippen molar-refractivity contribution in [3.63, 3.8) is 0 Å². The van der Waals surface area contributed by atoms with Crippen LogP contribution in [0.3, 0.4) is 0 Å². The van der Waals surface area contributed by atoms with Crippen molar-refractivity contribution in [2.75, 3.05) is 5.32 Å². The Morgan fingerprint density at radius 2 is 1.79 bits per heavy atom. The summed E-state index contributed by atoms with van der Waals surface area (Å²) in [4.78, 5) is 19.9. The molecule has 11 heteroatoms. The highest BCUT2D eigenvalue weighted by Crippen LogP contribution is 2.35. The second-order valence-corrected chi connectivity index (χ2v) is 5.87. The summed E-state index contributed by atoms with van der Waals surface area (Å²) in [5.74, 6) is -0.913. The molecule has 8 nitrogen and oxygen atoms in total. The van der Waals surface area contributed by atoms with Gasteiger partial charge in [0.2, 0.25) is 5.82 Å². The predicted molar refractivity (Wildman–Crippen MR) is 95.7 cm³/mol. The smallest absolute Gasteiger partial charge is 0.319 e. The third-order valence-electron chi connectivity index (χ3n) is 3.94. The van der Waals surface area contributed by atoms with Gasteiger partial charge in [0.05, 0.1) is 16.9 Å². The van der Waals surface area contributed by atoms with E-state index in [1.54, 1.807) is 24.3 Å². The molecule has 29 heavy (non-hydrogen) atoms. The standard InChI is InChI=1S/C18H12F3N7O/c19-18(20,21)14-8-12(6-7-15(14)28-10-22-9-24-28)25-17(29)16-23-11-27(26-16)13-4-2-1-3-5-13/h1-11H,(H,25,29). The lowest BCUT2D eigenvalue weighted by Crippen LogP contribution is -2.16. The van der Waals surface area contributed by atoms with Crippen molar-refractivity contribution >= 4 is 11.6 Å². The monoisotopic (exact) mass is 399 g/mol. The largest absolute Gasteiger partial charge is 0.418 e. The number of hydrogen-bond donors (Lipinski definition) is 1. The number of carbonyl (C=O) groups excluding carboxylic acids is 1. The number of benzene rings is 2. The first kappa shape index (κ1) is 18.3. The highest BCUT2D eigenvalue weighted by atomic mass is 19.4. The number of amides is 1. The van der Waals surface area contributed by atoms with E-state index in [0.717, 1.165) is 23.4 Å². The lowest BCUT2D eigenvalue weighted by Gasteiger charge is -2.14. The topological polar surface area (TPSA) is 90.5 Å². The van der Waals surface area contributed by atoms with Gasteiger partial charge in [0, 0.05) is 5.69 Å². The number of halogens is 3. The second kappa shape index (κ2) is 7.19. The van der Waals surface area contributed by atoms with Crippen LogP contribution in [0.1, 0.15) is 16.2 Å². The summed E-state index contributed by atoms with van der Waals surface area (Å²) in [5.41, 5.74) is -0.541. The normalized spacial score (nSPS) is 11.4. The van der Waals surface area contributed by atoms with E-state index in [9.17, 15) is 18.0 Å². The molecule has 146 valence electrons. The quantitative estimate of drug-likeness (QED) is 0.570. The molecule has 0 saturated carbocycles. The van der Waals surface area contributed by atoms with Crippen LogP contribution in [-0.4, -0.2) is 35.4 Å². The molecule has 0 fully saturated rings. The van der Waals surface area contributed by atoms with Crippen molar-refractivity contribution in [3.05, 3.63) is 78.9 Å². The van der Waals surface area contributed by atoms with Crippen molar-refractivity contribution in [3.8, 4) is 11.4 Å². The summed E-state index contributed by atoms with van der Waals surface area (Å²) < 4.78 is 42.8. The Labute approximate surface area is 161 Å². The van der Waals surface area contributed by atoms with Crippen molar-refractivity contribution in [2.45, 2.75) is 6.18 Å². The molecule has 2 heterocycles. The van der Waals surface area contributed by atoms with Crippen LogP contribution in [0.5, 0.6) is 0 Å². The third-order valence-corrected chi connectivity index (χ3v) is 3.94. The summed E-state index contributed by atoms with van der Waals surface area (Å²) in [6, 6.07) is 12.3. The van der Waals surface area contributed by atoms with Crippen LogP contribution < -0.4 is 5.32 Å². The van der Waals surface area contributed by atoms with Gasteiger partial charge in [-0.25, -0.2) is 19.3 Å². The fourth-order valence-electron chi connectivity index (χ4n) is 2.63. The van der Waals surface area contributed by atoms with Gasteiger partial charge in [-0.15, -0.1) is 5.10 Å². The van der Waals surface area contributed by atoms with Crippen LogP contribution in [0.4, 0.5) is 18.9 Å². The first-order valence-corrected chi connectivity index (χ1v) is 8.26. The highest BCUT2D eigenvalue weighted by Gasteiger charge is 2.34. The molecule has 0 spiro atoms. The number of para-hydroxylation sites is 1. The molecule has 0 bridgehead atoms. The molecule has 1 amide bonds. The van der Waals surface area contributed by atoms with Crippen molar-refractivity contribution < 1.29 is 18.0 Å². The first-order valence-electron chi connectivity index (χ1n) is 8.26. The van der Waals surface area contributed by atoms with Gasteiger partial charge in [0.25, 0.3) is 5.91 Å². The molecule has 0 radical (unpaired) electrons. The fourth-order valence-corrected chi connectivity index (χ4v) is 2.63. The fraction of sp³-hybridized carbons (Fsp3) is 0.0556. The zero-order valence-corrected chi connectivity index (χ0v) is 14.6. The minimum absolute atomic E-state index is 0.0535. The van der Waals surface area contributed by atoms with Gasteiger partial charge in [-0.2, -0.15) is 18.3 Å². The molecule has 0 aliphatic carbocycles. The van der Waals surface area contributed by atoms with E-state index in [1.165, 1.54) is 23.1 Å². The van der Waals surface area contributed by atoms with Crippen LogP contribution in [0.2, 0.25) is 0 Å². The van der Waals surface area contributed by atoms with E-state index >= 15 is 0 Å². The van der Waals surface area contributed by atoms with E-state index in [-0.39, 0.29) is 17.2 Å². The maximum atomic E-state index is 13.5. The lowest BCUT2D eigenvalue weighted by atomic mass is 10.1. The van der Waals surface area contributed by atoms with Crippen LogP contribution in [0, 0.1) is 0 Å². The van der Waals surface area contributed by atoms with E-state index in [1.807, 2.05) is 6.07 Å². The number of rotatable bonds is 4. The molecule has 1 N–H and O–H groups in total. The Balaban J connectivity index is 1.60. The molecule has 0 atom stereocenters. The Morgan fingerprint density at radius 3 is 2.48 bits per heavy atom. The summed E-state index contributed by atoms with van der Waals surface area (Å²) in [6.07, 6.45) is -1.03. The van der Waals surface area contributed by atoms with Gasteiger partial charge < -0.3 is 5.32 Å². The third kappa shape index (κ3) is 3.83. The first-order chi connectivity index (χ1) is 13.9. The maximum absolute atomic E-state index is 13.5. The van der Waals surface area contributed by atoms with Crippen molar-refractivity contribution in [2.24, 2.45) is 0 Å². The molecule has 4 aromatic rings.